The van der Waals surface area contributed by atoms with Crippen molar-refractivity contribution in [3.8, 4) is 5.75 Å². The molecule has 12 heteroatoms. The van der Waals surface area contributed by atoms with E-state index in [1.807, 2.05) is 0 Å². The zero-order chi connectivity index (χ0) is 26.4. The molecule has 1 aliphatic heterocycles. The van der Waals surface area contributed by atoms with Crippen molar-refractivity contribution in [2.45, 2.75) is 31.8 Å². The molecule has 1 aliphatic carbocycles. The van der Waals surface area contributed by atoms with Crippen LogP contribution in [0.2, 0.25) is 0 Å². The Bertz CT molecular complexity index is 1320. The van der Waals surface area contributed by atoms with Gasteiger partial charge in [-0.15, -0.1) is 0 Å². The highest BCUT2D eigenvalue weighted by molar-refractivity contribution is 8.26. The average molecular weight is 516 g/mol. The van der Waals surface area contributed by atoms with Gasteiger partial charge in [0.2, 0.25) is 5.43 Å². The maximum Gasteiger partial charge on any atom is 0.308 e. The van der Waals surface area contributed by atoms with Crippen molar-refractivity contribution < 1.29 is 23.8 Å². The van der Waals surface area contributed by atoms with Crippen molar-refractivity contribution in [2.75, 3.05) is 25.7 Å². The summed E-state index contributed by atoms with van der Waals surface area (Å²) in [6.07, 6.45) is 2.07. The Morgan fingerprint density at radius 3 is 2.47 bits per heavy atom. The van der Waals surface area contributed by atoms with Gasteiger partial charge in [-0.1, -0.05) is 23.9 Å². The van der Waals surface area contributed by atoms with Gasteiger partial charge in [-0.25, -0.2) is 4.39 Å². The predicted molar refractivity (Wildman–Crippen MR) is 133 cm³/mol. The summed E-state index contributed by atoms with van der Waals surface area (Å²) in [5.74, 6) is -2.50. The number of hydrogen-bond donors (Lipinski definition) is 3. The molecule has 190 valence electrons. The standard InChI is InChI=1S/C24H26FN5O5S/c1-4-29-22(33)18-20(32)19(31)16(21(27)36-17(26)9-13-5-7-15(25)8-6-13)12-30(18)28(2)24(29)10-14(11-24)23(34)35-3/h5-8,12,14,26-27,32H,4,9-11H2,1-3H3. The van der Waals surface area contributed by atoms with Crippen LogP contribution >= 0.6 is 11.8 Å². The summed E-state index contributed by atoms with van der Waals surface area (Å²) in [6.45, 7) is 2.07. The van der Waals surface area contributed by atoms with Crippen molar-refractivity contribution >= 4 is 33.7 Å². The molecule has 2 aromatic rings. The number of thioether (sulfide) groups is 1. The summed E-state index contributed by atoms with van der Waals surface area (Å²) >= 11 is 0.733. The number of nitrogens with one attached hydrogen (secondary N) is 2. The first-order valence-electron chi connectivity index (χ1n) is 11.2. The van der Waals surface area contributed by atoms with Gasteiger partial charge in [-0.3, -0.25) is 34.9 Å². The molecule has 1 amide bonds. The summed E-state index contributed by atoms with van der Waals surface area (Å²) in [5, 5.41) is 28.9. The summed E-state index contributed by atoms with van der Waals surface area (Å²) in [5.41, 5.74) is -1.47. The molecule has 1 aromatic heterocycles. The highest BCUT2D eigenvalue weighted by atomic mass is 32.2. The maximum absolute atomic E-state index is 13.4. The van der Waals surface area contributed by atoms with Gasteiger partial charge in [0.05, 0.1) is 23.6 Å². The maximum atomic E-state index is 13.4. The monoisotopic (exact) mass is 515 g/mol. The van der Waals surface area contributed by atoms with Crippen LogP contribution in [0, 0.1) is 22.6 Å². The number of esters is 1. The Morgan fingerprint density at radius 2 is 1.89 bits per heavy atom. The molecule has 1 saturated carbocycles. The lowest BCUT2D eigenvalue weighted by Gasteiger charge is -2.60. The summed E-state index contributed by atoms with van der Waals surface area (Å²) in [6, 6.07) is 5.63. The number of pyridine rings is 1. The third-order valence-electron chi connectivity index (χ3n) is 6.79. The second-order valence-electron chi connectivity index (χ2n) is 8.76. The summed E-state index contributed by atoms with van der Waals surface area (Å²) in [7, 11) is 2.99. The van der Waals surface area contributed by atoms with Gasteiger partial charge in [0.15, 0.2) is 11.4 Å². The minimum atomic E-state index is -0.886. The van der Waals surface area contributed by atoms with Crippen LogP contribution in [0.25, 0.3) is 0 Å². The Balaban J connectivity index is 1.65. The van der Waals surface area contributed by atoms with E-state index in [0.717, 1.165) is 11.8 Å². The number of benzene rings is 1. The topological polar surface area (TPSA) is 140 Å². The number of rotatable bonds is 5. The number of aromatic nitrogens is 1. The van der Waals surface area contributed by atoms with E-state index >= 15 is 0 Å². The number of halogens is 1. The average Bonchev–Trinajstić information content (AvgIpc) is 2.82. The van der Waals surface area contributed by atoms with E-state index < -0.39 is 34.5 Å². The number of aromatic hydroxyl groups is 1. The number of hydrogen-bond acceptors (Lipinski definition) is 9. The fourth-order valence-corrected chi connectivity index (χ4v) is 5.61. The molecule has 2 heterocycles. The first kappa shape index (κ1) is 25.4. The molecule has 1 spiro atoms. The molecular weight excluding hydrogens is 489 g/mol. The molecule has 0 atom stereocenters. The minimum absolute atomic E-state index is 0.0474. The normalized spacial score (nSPS) is 20.7. The smallest absolute Gasteiger partial charge is 0.308 e. The van der Waals surface area contributed by atoms with Crippen molar-refractivity contribution in [1.29, 1.82) is 10.8 Å². The molecule has 36 heavy (non-hydrogen) atoms. The van der Waals surface area contributed by atoms with Crippen molar-refractivity contribution in [1.82, 2.24) is 9.58 Å². The van der Waals surface area contributed by atoms with Crippen LogP contribution in [0.1, 0.15) is 41.4 Å². The van der Waals surface area contributed by atoms with Crippen LogP contribution in [0.3, 0.4) is 0 Å². The Hall–Kier alpha value is -3.67. The van der Waals surface area contributed by atoms with E-state index in [1.54, 1.807) is 19.0 Å². The Morgan fingerprint density at radius 1 is 1.25 bits per heavy atom. The number of nitrogens with zero attached hydrogens (tertiary/aromatic N) is 3. The second kappa shape index (κ2) is 9.41. The molecule has 10 nitrogen and oxygen atoms in total. The molecule has 2 aliphatic rings. The van der Waals surface area contributed by atoms with E-state index in [0.29, 0.717) is 24.9 Å². The van der Waals surface area contributed by atoms with Crippen LogP contribution in [-0.4, -0.2) is 63.0 Å². The fraction of sp³-hybridized carbons (Fsp3) is 0.375. The van der Waals surface area contributed by atoms with Crippen molar-refractivity contribution in [3.63, 3.8) is 0 Å². The van der Waals surface area contributed by atoms with Gasteiger partial charge in [0.25, 0.3) is 5.91 Å². The van der Waals surface area contributed by atoms with E-state index in [1.165, 1.54) is 47.1 Å². The van der Waals surface area contributed by atoms with Crippen LogP contribution in [0.4, 0.5) is 4.39 Å². The highest BCUT2D eigenvalue weighted by Crippen LogP contribution is 2.47. The third kappa shape index (κ3) is 4.04. The molecule has 4 rings (SSSR count). The minimum Gasteiger partial charge on any atom is -0.502 e. The van der Waals surface area contributed by atoms with E-state index in [2.05, 4.69) is 0 Å². The molecule has 0 saturated heterocycles. The highest BCUT2D eigenvalue weighted by Gasteiger charge is 2.59. The van der Waals surface area contributed by atoms with E-state index in [9.17, 15) is 23.9 Å². The number of methoxy groups -OCH3 is 1. The van der Waals surface area contributed by atoms with Crippen LogP contribution < -0.4 is 10.4 Å². The number of carbonyl (C=O) groups is 2. The molecule has 3 N–H and O–H groups in total. The fourth-order valence-electron chi connectivity index (χ4n) is 4.87. The molecule has 1 aromatic carbocycles. The molecule has 0 radical (unpaired) electrons. The third-order valence-corrected chi connectivity index (χ3v) is 7.60. The summed E-state index contributed by atoms with van der Waals surface area (Å²) in [4.78, 5) is 39.9. The zero-order valence-electron chi connectivity index (χ0n) is 20.0. The van der Waals surface area contributed by atoms with Gasteiger partial charge in [0, 0.05) is 39.1 Å². The molecule has 0 unspecified atom stereocenters. The molecular formula is C24H26FN5O5S. The van der Waals surface area contributed by atoms with E-state index in [4.69, 9.17) is 15.6 Å². The first-order chi connectivity index (χ1) is 17.0. The zero-order valence-corrected chi connectivity index (χ0v) is 20.8. The SMILES string of the molecule is CCN1C(=O)c2c(O)c(=O)c(C(=N)SC(=N)Cc3ccc(F)cc3)cn2N(C)C12CC(C(=O)OC)C2. The van der Waals surface area contributed by atoms with Gasteiger partial charge >= 0.3 is 5.97 Å². The molecule has 1 fully saturated rings. The van der Waals surface area contributed by atoms with Crippen LogP contribution in [0.5, 0.6) is 5.75 Å². The largest absolute Gasteiger partial charge is 0.502 e. The first-order valence-corrected chi connectivity index (χ1v) is 12.1. The number of ether oxygens (including phenoxy) is 1. The number of carbonyl (C=O) groups excluding carboxylic acids is 2. The second-order valence-corrected chi connectivity index (χ2v) is 9.86. The lowest BCUT2D eigenvalue weighted by molar-refractivity contribution is -0.155. The number of amides is 1. The van der Waals surface area contributed by atoms with Gasteiger partial charge < -0.3 is 14.7 Å². The lowest BCUT2D eigenvalue weighted by atomic mass is 9.72. The lowest BCUT2D eigenvalue weighted by Crippen LogP contribution is -2.74. The summed E-state index contributed by atoms with van der Waals surface area (Å²) < 4.78 is 19.3. The predicted octanol–water partition coefficient (Wildman–Crippen LogP) is 2.29. The van der Waals surface area contributed by atoms with Gasteiger partial charge in [0.1, 0.15) is 16.5 Å². The van der Waals surface area contributed by atoms with Crippen molar-refractivity contribution in [3.05, 3.63) is 63.3 Å². The van der Waals surface area contributed by atoms with E-state index in [-0.39, 0.29) is 33.7 Å². The van der Waals surface area contributed by atoms with Gasteiger partial charge in [-0.2, -0.15) is 0 Å². The van der Waals surface area contributed by atoms with Gasteiger partial charge in [-0.05, 0) is 24.6 Å². The quantitative estimate of drug-likeness (QED) is 0.315. The molecule has 0 bridgehead atoms. The number of fused-ring (bicyclic) bond motifs is 1. The Labute approximate surface area is 210 Å². The Kier molecular flexibility index (Phi) is 6.65. The van der Waals surface area contributed by atoms with Crippen LogP contribution in [-0.2, 0) is 16.0 Å². The van der Waals surface area contributed by atoms with Crippen molar-refractivity contribution in [2.24, 2.45) is 5.92 Å². The van der Waals surface area contributed by atoms with Crippen LogP contribution in [0.15, 0.2) is 35.3 Å².